The van der Waals surface area contributed by atoms with Crippen molar-refractivity contribution in [1.82, 2.24) is 50.6 Å². The summed E-state index contributed by atoms with van der Waals surface area (Å²) < 4.78 is 9.61. The van der Waals surface area contributed by atoms with E-state index in [0.717, 1.165) is 71.8 Å². The van der Waals surface area contributed by atoms with E-state index in [-0.39, 0.29) is 35.7 Å². The summed E-state index contributed by atoms with van der Waals surface area (Å²) in [6.07, 6.45) is 5.15. The van der Waals surface area contributed by atoms with Gasteiger partial charge in [-0.15, -0.1) is 10.2 Å². The van der Waals surface area contributed by atoms with Gasteiger partial charge in [0.15, 0.2) is 0 Å². The molecule has 0 aliphatic carbocycles. The highest BCUT2D eigenvalue weighted by molar-refractivity contribution is 5.89. The second kappa shape index (κ2) is 17.2. The number of imidazole rings is 2. The van der Waals surface area contributed by atoms with Crippen LogP contribution in [0.2, 0.25) is 0 Å². The number of aromatic amines is 2. The number of carbonyl (C=O) groups excluding carboxylic acids is 4. The number of ether oxygens (including phenoxy) is 2. The van der Waals surface area contributed by atoms with Gasteiger partial charge in [-0.3, -0.25) is 9.59 Å². The molecule has 0 radical (unpaired) electrons. The predicted molar refractivity (Wildman–Crippen MR) is 217 cm³/mol. The van der Waals surface area contributed by atoms with Gasteiger partial charge in [-0.05, 0) is 61.8 Å². The first-order chi connectivity index (χ1) is 28.0. The van der Waals surface area contributed by atoms with Crippen LogP contribution >= 0.6 is 0 Å². The second-order valence-corrected chi connectivity index (χ2v) is 15.4. The van der Waals surface area contributed by atoms with Gasteiger partial charge < -0.3 is 39.9 Å². The number of rotatable bonds is 12. The molecule has 2 fully saturated rings. The fourth-order valence-corrected chi connectivity index (χ4v) is 8.07. The molecule has 2 aliphatic heterocycles. The number of nitrogens with zero attached hydrogens (tertiary/aromatic N) is 6. The summed E-state index contributed by atoms with van der Waals surface area (Å²) in [6, 6.07) is 12.0. The maximum atomic E-state index is 13.8. The molecule has 2 aliphatic rings. The van der Waals surface area contributed by atoms with Gasteiger partial charge in [0.25, 0.3) is 0 Å². The monoisotopic (exact) mass is 792 g/mol. The van der Waals surface area contributed by atoms with Crippen molar-refractivity contribution in [1.29, 1.82) is 0 Å². The molecule has 3 aromatic heterocycles. The van der Waals surface area contributed by atoms with Crippen molar-refractivity contribution in [2.45, 2.75) is 90.4 Å². The molecule has 16 heteroatoms. The normalized spacial score (nSPS) is 18.9. The Balaban J connectivity index is 1.07. The molecule has 5 heterocycles. The van der Waals surface area contributed by atoms with Gasteiger partial charge in [-0.1, -0.05) is 58.7 Å². The zero-order valence-corrected chi connectivity index (χ0v) is 33.9. The van der Waals surface area contributed by atoms with Crippen molar-refractivity contribution in [3.63, 3.8) is 0 Å². The fourth-order valence-electron chi connectivity index (χ4n) is 8.07. The van der Waals surface area contributed by atoms with Crippen LogP contribution in [0.25, 0.3) is 44.5 Å². The minimum Gasteiger partial charge on any atom is -0.453 e. The molecule has 4 amide bonds. The standard InChI is InChI=1S/C42H52N10O6/c1-7-23(3)35(47-41(55)57-5)39(53)51-17-9-11-33(51)37-43-22-32(46-37)27-14-13-25-19-29(49-50-30(25)20-27)26-15-16-28-31(21-26)45-38(44-28)34-12-10-18-52(34)40(54)36(24(4)8-2)48-42(56)58-6/h13-16,19-24,33-36H,7-12,17-18H2,1-6H3,(H,43,46)(H,44,45)(H,47,55)(H,48,56). The average molecular weight is 793 g/mol. The Kier molecular flexibility index (Phi) is 11.9. The Morgan fingerprint density at radius 2 is 1.36 bits per heavy atom. The molecule has 6 unspecified atom stereocenters. The van der Waals surface area contributed by atoms with E-state index in [1.54, 1.807) is 6.20 Å². The third-order valence-corrected chi connectivity index (χ3v) is 11.9. The number of likely N-dealkylation sites (tertiary alicyclic amines) is 2. The van der Waals surface area contributed by atoms with Crippen molar-refractivity contribution in [3.05, 3.63) is 60.3 Å². The second-order valence-electron chi connectivity index (χ2n) is 15.4. The predicted octanol–water partition coefficient (Wildman–Crippen LogP) is 6.43. The van der Waals surface area contributed by atoms with E-state index in [1.807, 2.05) is 80.0 Å². The Hall–Kier alpha value is -6.06. The highest BCUT2D eigenvalue weighted by Crippen LogP contribution is 2.35. The lowest BCUT2D eigenvalue weighted by molar-refractivity contribution is -0.136. The highest BCUT2D eigenvalue weighted by atomic mass is 16.5. The molecule has 2 saturated heterocycles. The first-order valence-electron chi connectivity index (χ1n) is 20.2. The van der Waals surface area contributed by atoms with Gasteiger partial charge in [0.1, 0.15) is 23.7 Å². The van der Waals surface area contributed by atoms with E-state index in [0.29, 0.717) is 35.9 Å². The number of amides is 4. The molecule has 16 nitrogen and oxygen atoms in total. The summed E-state index contributed by atoms with van der Waals surface area (Å²) in [5.74, 6) is 0.978. The van der Waals surface area contributed by atoms with Crippen LogP contribution in [-0.2, 0) is 19.1 Å². The molecule has 306 valence electrons. The van der Waals surface area contributed by atoms with Crippen LogP contribution in [0, 0.1) is 11.8 Å². The summed E-state index contributed by atoms with van der Waals surface area (Å²) in [5.41, 5.74) is 5.57. The summed E-state index contributed by atoms with van der Waals surface area (Å²) in [5, 5.41) is 15.6. The Bertz CT molecular complexity index is 2310. The minimum atomic E-state index is -0.694. The van der Waals surface area contributed by atoms with Crippen LogP contribution in [0.4, 0.5) is 9.59 Å². The Labute approximate surface area is 336 Å². The largest absolute Gasteiger partial charge is 0.453 e. The topological polar surface area (TPSA) is 200 Å². The van der Waals surface area contributed by atoms with E-state index in [9.17, 15) is 19.2 Å². The summed E-state index contributed by atoms with van der Waals surface area (Å²) in [7, 11) is 2.59. The van der Waals surface area contributed by atoms with Crippen LogP contribution in [0.5, 0.6) is 0 Å². The first kappa shape index (κ1) is 40.1. The third kappa shape index (κ3) is 8.04. The number of methoxy groups -OCH3 is 2. The maximum absolute atomic E-state index is 13.8. The number of alkyl carbamates (subject to hydrolysis) is 2. The maximum Gasteiger partial charge on any atom is 0.407 e. The van der Waals surface area contributed by atoms with E-state index in [1.165, 1.54) is 14.2 Å². The van der Waals surface area contributed by atoms with Crippen molar-refractivity contribution < 1.29 is 28.7 Å². The molecule has 4 N–H and O–H groups in total. The molecule has 7 rings (SSSR count). The summed E-state index contributed by atoms with van der Waals surface area (Å²) in [4.78, 5) is 71.8. The lowest BCUT2D eigenvalue weighted by Gasteiger charge is -2.30. The molecule has 6 atom stereocenters. The highest BCUT2D eigenvalue weighted by Gasteiger charge is 2.39. The van der Waals surface area contributed by atoms with Gasteiger partial charge >= 0.3 is 12.2 Å². The number of H-pyrrole nitrogens is 2. The number of hydrogen-bond donors (Lipinski definition) is 4. The number of carbonyl (C=O) groups is 4. The number of aromatic nitrogens is 6. The third-order valence-electron chi connectivity index (χ3n) is 11.9. The smallest absolute Gasteiger partial charge is 0.407 e. The van der Waals surface area contributed by atoms with Crippen molar-refractivity contribution in [2.24, 2.45) is 11.8 Å². The van der Waals surface area contributed by atoms with Crippen molar-refractivity contribution >= 4 is 45.9 Å². The Morgan fingerprint density at radius 1 is 0.759 bits per heavy atom. The molecule has 2 aromatic carbocycles. The van der Waals surface area contributed by atoms with Gasteiger partial charge in [-0.2, -0.15) is 0 Å². The number of nitrogens with one attached hydrogen (secondary N) is 4. The van der Waals surface area contributed by atoms with Crippen LogP contribution in [0.3, 0.4) is 0 Å². The molecular weight excluding hydrogens is 741 g/mol. The zero-order chi connectivity index (χ0) is 41.1. The van der Waals surface area contributed by atoms with Gasteiger partial charge in [-0.25, -0.2) is 19.6 Å². The van der Waals surface area contributed by atoms with Crippen molar-refractivity contribution in [3.8, 4) is 22.5 Å². The van der Waals surface area contributed by atoms with E-state index >= 15 is 0 Å². The van der Waals surface area contributed by atoms with Crippen LogP contribution in [-0.4, -0.2) is 103 Å². The number of benzene rings is 2. The average Bonchev–Trinajstić information content (AvgIpc) is 4.09. The Morgan fingerprint density at radius 3 is 1.97 bits per heavy atom. The molecule has 58 heavy (non-hydrogen) atoms. The number of fused-ring (bicyclic) bond motifs is 2. The molecule has 5 aromatic rings. The first-order valence-corrected chi connectivity index (χ1v) is 20.2. The molecule has 0 spiro atoms. The molecular formula is C42H52N10O6. The van der Waals surface area contributed by atoms with Crippen LogP contribution in [0.1, 0.15) is 90.0 Å². The van der Waals surface area contributed by atoms with E-state index in [4.69, 9.17) is 19.4 Å². The van der Waals surface area contributed by atoms with Crippen molar-refractivity contribution in [2.75, 3.05) is 27.3 Å². The van der Waals surface area contributed by atoms with Gasteiger partial charge in [0.05, 0.1) is 60.4 Å². The molecule has 0 saturated carbocycles. The summed E-state index contributed by atoms with van der Waals surface area (Å²) in [6.45, 7) is 9.03. The minimum absolute atomic E-state index is 0.0697. The van der Waals surface area contributed by atoms with Crippen LogP contribution < -0.4 is 10.6 Å². The van der Waals surface area contributed by atoms with Gasteiger partial charge in [0.2, 0.25) is 11.8 Å². The fraction of sp³-hybridized carbons (Fsp3) is 0.476. The summed E-state index contributed by atoms with van der Waals surface area (Å²) >= 11 is 0. The lowest BCUT2D eigenvalue weighted by atomic mass is 9.97. The quantitative estimate of drug-likeness (QED) is 0.109. The number of hydrogen-bond acceptors (Lipinski definition) is 10. The zero-order valence-electron chi connectivity index (χ0n) is 33.9. The van der Waals surface area contributed by atoms with E-state index < -0.39 is 24.3 Å². The SMILES string of the molecule is CCC(C)C(NC(=O)OC)C(=O)N1CCCC1c1ncc(-c2ccc3cc(-c4ccc5nc(C6CCCN6C(=O)C(NC(=O)OC)C(C)CC)[nH]c5c4)nnc3c2)[nH]1. The van der Waals surface area contributed by atoms with E-state index in [2.05, 4.69) is 30.8 Å². The van der Waals surface area contributed by atoms with Crippen LogP contribution in [0.15, 0.2) is 48.7 Å². The molecule has 0 bridgehead atoms. The van der Waals surface area contributed by atoms with Gasteiger partial charge in [0, 0.05) is 29.6 Å². The lowest BCUT2D eigenvalue weighted by Crippen LogP contribution is -2.51.